The van der Waals surface area contributed by atoms with Crippen molar-refractivity contribution in [3.8, 4) is 0 Å². The van der Waals surface area contributed by atoms with E-state index in [0.717, 1.165) is 19.5 Å². The van der Waals surface area contributed by atoms with E-state index in [1.165, 1.54) is 4.90 Å². The lowest BCUT2D eigenvalue weighted by atomic mass is 10.1. The third-order valence-electron chi connectivity index (χ3n) is 3.55. The summed E-state index contributed by atoms with van der Waals surface area (Å²) in [7, 11) is 0. The molecule has 2 heterocycles. The molecule has 1 aromatic carbocycles. The smallest absolute Gasteiger partial charge is 0.261 e. The molecule has 1 aromatic rings. The van der Waals surface area contributed by atoms with Crippen LogP contribution in [0.3, 0.4) is 0 Å². The van der Waals surface area contributed by atoms with E-state index in [1.54, 1.807) is 24.3 Å². The highest BCUT2D eigenvalue weighted by molar-refractivity contribution is 6.21. The Labute approximate surface area is 105 Å². The van der Waals surface area contributed by atoms with E-state index in [-0.39, 0.29) is 11.8 Å². The van der Waals surface area contributed by atoms with Gasteiger partial charge in [0.2, 0.25) is 0 Å². The zero-order valence-corrected chi connectivity index (χ0v) is 9.98. The molecule has 94 valence electrons. The number of rotatable bonds is 3. The molecule has 0 aliphatic carbocycles. The summed E-state index contributed by atoms with van der Waals surface area (Å²) in [5, 5.41) is 0. The van der Waals surface area contributed by atoms with Crippen LogP contribution in [-0.4, -0.2) is 36.3 Å². The van der Waals surface area contributed by atoms with Crippen LogP contribution in [0.1, 0.15) is 27.1 Å². The lowest BCUT2D eigenvalue weighted by Crippen LogP contribution is -2.32. The summed E-state index contributed by atoms with van der Waals surface area (Å²) in [6.45, 7) is 2.28. The highest BCUT2D eigenvalue weighted by atomic mass is 16.2. The van der Waals surface area contributed by atoms with Gasteiger partial charge in [0.1, 0.15) is 0 Å². The van der Waals surface area contributed by atoms with Gasteiger partial charge >= 0.3 is 0 Å². The maximum atomic E-state index is 12.1. The van der Waals surface area contributed by atoms with Crippen LogP contribution in [-0.2, 0) is 0 Å². The van der Waals surface area contributed by atoms with Gasteiger partial charge in [-0.15, -0.1) is 0 Å². The summed E-state index contributed by atoms with van der Waals surface area (Å²) >= 11 is 0. The Kier molecular flexibility index (Phi) is 2.85. The van der Waals surface area contributed by atoms with Crippen molar-refractivity contribution in [2.24, 2.45) is 5.92 Å². The summed E-state index contributed by atoms with van der Waals surface area (Å²) in [5.74, 6) is 0.165. The van der Waals surface area contributed by atoms with Crippen LogP contribution in [0.25, 0.3) is 0 Å². The molecule has 5 nitrogen and oxygen atoms in total. The van der Waals surface area contributed by atoms with Gasteiger partial charge in [-0.3, -0.25) is 25.3 Å². The molecule has 2 aliphatic heterocycles. The highest BCUT2D eigenvalue weighted by Crippen LogP contribution is 2.23. The van der Waals surface area contributed by atoms with Crippen molar-refractivity contribution < 1.29 is 9.59 Å². The number of fused-ring (bicyclic) bond motifs is 1. The Hall–Kier alpha value is -1.72. The van der Waals surface area contributed by atoms with Gasteiger partial charge < -0.3 is 0 Å². The van der Waals surface area contributed by atoms with Crippen LogP contribution in [0.2, 0.25) is 0 Å². The minimum Gasteiger partial charge on any atom is -0.274 e. The Bertz CT molecular complexity index is 460. The van der Waals surface area contributed by atoms with E-state index >= 15 is 0 Å². The van der Waals surface area contributed by atoms with Gasteiger partial charge in [0, 0.05) is 19.6 Å². The Balaban J connectivity index is 1.71. The van der Waals surface area contributed by atoms with Crippen molar-refractivity contribution in [3.63, 3.8) is 0 Å². The number of hydrogen-bond donors (Lipinski definition) is 2. The molecule has 0 saturated carbocycles. The van der Waals surface area contributed by atoms with Gasteiger partial charge in [-0.25, -0.2) is 0 Å². The molecule has 0 radical (unpaired) electrons. The second-order valence-electron chi connectivity index (χ2n) is 4.72. The van der Waals surface area contributed by atoms with Crippen molar-refractivity contribution in [1.29, 1.82) is 0 Å². The van der Waals surface area contributed by atoms with Gasteiger partial charge in [0.15, 0.2) is 0 Å². The third kappa shape index (κ3) is 1.81. The first-order valence-corrected chi connectivity index (χ1v) is 6.18. The van der Waals surface area contributed by atoms with Gasteiger partial charge in [-0.1, -0.05) is 12.1 Å². The largest absolute Gasteiger partial charge is 0.274 e. The number of carbonyl (C=O) groups excluding carboxylic acids is 2. The monoisotopic (exact) mass is 245 g/mol. The molecule has 0 atom stereocenters. The predicted molar refractivity (Wildman–Crippen MR) is 65.9 cm³/mol. The number of amides is 2. The van der Waals surface area contributed by atoms with Crippen molar-refractivity contribution in [2.45, 2.75) is 6.42 Å². The Morgan fingerprint density at radius 1 is 1.06 bits per heavy atom. The Morgan fingerprint density at radius 2 is 1.61 bits per heavy atom. The van der Waals surface area contributed by atoms with Gasteiger partial charge in [-0.2, -0.15) is 0 Å². The first kappa shape index (κ1) is 11.4. The van der Waals surface area contributed by atoms with Crippen molar-refractivity contribution in [3.05, 3.63) is 35.4 Å². The molecule has 1 saturated heterocycles. The fraction of sp³-hybridized carbons (Fsp3) is 0.385. The molecule has 2 amide bonds. The average Bonchev–Trinajstić information content (AvgIpc) is 2.98. The maximum Gasteiger partial charge on any atom is 0.261 e. The topological polar surface area (TPSA) is 61.4 Å². The van der Waals surface area contributed by atoms with Crippen molar-refractivity contribution in [2.75, 3.05) is 19.6 Å². The quantitative estimate of drug-likeness (QED) is 0.757. The minimum atomic E-state index is -0.158. The summed E-state index contributed by atoms with van der Waals surface area (Å²) in [6.07, 6.45) is 0.839. The molecular weight excluding hydrogens is 230 g/mol. The molecule has 0 unspecified atom stereocenters. The summed E-state index contributed by atoms with van der Waals surface area (Å²) in [6, 6.07) is 7.01. The predicted octanol–water partition coefficient (Wildman–Crippen LogP) is 0.397. The molecule has 2 N–H and O–H groups in total. The van der Waals surface area contributed by atoms with Gasteiger partial charge in [0.05, 0.1) is 11.1 Å². The first-order chi connectivity index (χ1) is 8.77. The molecule has 0 bridgehead atoms. The van der Waals surface area contributed by atoms with Gasteiger partial charge in [-0.05, 0) is 24.5 Å². The zero-order chi connectivity index (χ0) is 12.5. The second kappa shape index (κ2) is 4.51. The average molecular weight is 245 g/mol. The lowest BCUT2D eigenvalue weighted by molar-refractivity contribution is 0.0647. The van der Waals surface area contributed by atoms with E-state index in [9.17, 15) is 9.59 Å². The second-order valence-corrected chi connectivity index (χ2v) is 4.72. The Morgan fingerprint density at radius 3 is 2.17 bits per heavy atom. The summed E-state index contributed by atoms with van der Waals surface area (Å²) in [5.41, 5.74) is 7.16. The van der Waals surface area contributed by atoms with Gasteiger partial charge in [0.25, 0.3) is 11.8 Å². The fourth-order valence-corrected chi connectivity index (χ4v) is 2.46. The molecule has 0 aromatic heterocycles. The normalized spacial score (nSPS) is 19.7. The number of benzene rings is 1. The molecule has 5 heteroatoms. The van der Waals surface area contributed by atoms with E-state index in [0.29, 0.717) is 23.6 Å². The molecule has 0 spiro atoms. The third-order valence-corrected chi connectivity index (χ3v) is 3.55. The number of imide groups is 1. The minimum absolute atomic E-state index is 0.158. The van der Waals surface area contributed by atoms with E-state index in [1.807, 2.05) is 0 Å². The SMILES string of the molecule is O=C1c2ccccc2C(=O)N1CCC1CNNC1. The lowest BCUT2D eigenvalue weighted by Gasteiger charge is -2.15. The molecular formula is C13H15N3O2. The number of nitrogens with zero attached hydrogens (tertiary/aromatic N) is 1. The number of hydrogen-bond acceptors (Lipinski definition) is 4. The number of carbonyl (C=O) groups is 2. The van der Waals surface area contributed by atoms with E-state index < -0.39 is 0 Å². The zero-order valence-electron chi connectivity index (χ0n) is 9.98. The van der Waals surface area contributed by atoms with Crippen LogP contribution >= 0.6 is 0 Å². The molecule has 1 fully saturated rings. The standard InChI is InChI=1S/C13H15N3O2/c17-12-10-3-1-2-4-11(10)13(18)16(12)6-5-9-7-14-15-8-9/h1-4,9,14-15H,5-8H2. The van der Waals surface area contributed by atoms with Crippen LogP contribution in [0.15, 0.2) is 24.3 Å². The number of hydrazine groups is 1. The molecule has 3 rings (SSSR count). The van der Waals surface area contributed by atoms with Crippen LogP contribution in [0, 0.1) is 5.92 Å². The number of nitrogens with one attached hydrogen (secondary N) is 2. The summed E-state index contributed by atoms with van der Waals surface area (Å²) < 4.78 is 0. The van der Waals surface area contributed by atoms with Crippen LogP contribution in [0.4, 0.5) is 0 Å². The van der Waals surface area contributed by atoms with Crippen molar-refractivity contribution in [1.82, 2.24) is 15.8 Å². The van der Waals surface area contributed by atoms with E-state index in [4.69, 9.17) is 0 Å². The van der Waals surface area contributed by atoms with Crippen LogP contribution < -0.4 is 10.9 Å². The molecule has 18 heavy (non-hydrogen) atoms. The molecule has 2 aliphatic rings. The van der Waals surface area contributed by atoms with Crippen LogP contribution in [0.5, 0.6) is 0 Å². The van der Waals surface area contributed by atoms with E-state index in [2.05, 4.69) is 10.9 Å². The highest BCUT2D eigenvalue weighted by Gasteiger charge is 2.35. The van der Waals surface area contributed by atoms with Crippen molar-refractivity contribution >= 4 is 11.8 Å². The first-order valence-electron chi connectivity index (χ1n) is 6.18. The maximum absolute atomic E-state index is 12.1. The summed E-state index contributed by atoms with van der Waals surface area (Å²) in [4.78, 5) is 25.5. The fourth-order valence-electron chi connectivity index (χ4n) is 2.46.